The summed E-state index contributed by atoms with van der Waals surface area (Å²) < 4.78 is 2.04. The van der Waals surface area contributed by atoms with Crippen molar-refractivity contribution in [2.24, 2.45) is 23.5 Å². The van der Waals surface area contributed by atoms with Gasteiger partial charge in [-0.2, -0.15) is 0 Å². The molecule has 39 heavy (non-hydrogen) atoms. The van der Waals surface area contributed by atoms with E-state index in [4.69, 9.17) is 16.5 Å². The van der Waals surface area contributed by atoms with Crippen LogP contribution in [0.15, 0.2) is 71.9 Å². The first-order chi connectivity index (χ1) is 18.9. The second-order valence-electron chi connectivity index (χ2n) is 9.80. The molecule has 0 aliphatic heterocycles. The van der Waals surface area contributed by atoms with Crippen molar-refractivity contribution in [3.8, 4) is 0 Å². The number of benzene rings is 3. The van der Waals surface area contributed by atoms with Crippen molar-refractivity contribution in [3.05, 3.63) is 95.3 Å². The number of hydrogen-bond donors (Lipinski definition) is 4. The summed E-state index contributed by atoms with van der Waals surface area (Å²) in [5.74, 6) is 1.69. The second-order valence-corrected chi connectivity index (χ2v) is 9.80. The van der Waals surface area contributed by atoms with Crippen molar-refractivity contribution >= 4 is 33.7 Å². The van der Waals surface area contributed by atoms with Crippen molar-refractivity contribution in [2.45, 2.75) is 32.1 Å². The summed E-state index contributed by atoms with van der Waals surface area (Å²) in [6.07, 6.45) is 4.25. The summed E-state index contributed by atoms with van der Waals surface area (Å²) in [5, 5.41) is 5.51. The number of hydrogen-bond acceptors (Lipinski definition) is 4. The number of amides is 1. The van der Waals surface area contributed by atoms with Gasteiger partial charge in [0.2, 0.25) is 0 Å². The van der Waals surface area contributed by atoms with Crippen molar-refractivity contribution in [1.82, 2.24) is 24.8 Å². The van der Waals surface area contributed by atoms with Gasteiger partial charge in [0, 0.05) is 37.6 Å². The third-order valence-corrected chi connectivity index (χ3v) is 7.08. The Morgan fingerprint density at radius 1 is 1.10 bits per heavy atom. The number of carbonyl (C=O) groups excluding carboxylic acids is 1. The quantitative estimate of drug-likeness (QED) is 0.126. The minimum absolute atomic E-state index is 0.0492. The van der Waals surface area contributed by atoms with E-state index in [0.29, 0.717) is 18.7 Å². The van der Waals surface area contributed by atoms with Crippen LogP contribution in [0.3, 0.4) is 0 Å². The molecule has 0 spiro atoms. The summed E-state index contributed by atoms with van der Waals surface area (Å²) in [6.45, 7) is 3.21. The van der Waals surface area contributed by atoms with Gasteiger partial charge in [-0.25, -0.2) is 9.97 Å². The van der Waals surface area contributed by atoms with Crippen molar-refractivity contribution in [3.63, 3.8) is 0 Å². The maximum absolute atomic E-state index is 13.0. The van der Waals surface area contributed by atoms with Crippen LogP contribution in [-0.2, 0) is 19.9 Å². The van der Waals surface area contributed by atoms with Crippen LogP contribution >= 0.6 is 0 Å². The van der Waals surface area contributed by atoms with Crippen LogP contribution in [0.1, 0.15) is 52.5 Å². The molecule has 0 fully saturated rings. The lowest BCUT2D eigenvalue weighted by molar-refractivity contribution is 0.0954. The SMILES string of the molecule is CC(c1ncc(CCCN=C(N)N)[nH]1)c1nc2ccc(C(=O)NCCc3cccc4ccccc34)cc2n1C. The molecule has 2 heterocycles. The Labute approximate surface area is 227 Å². The van der Waals surface area contributed by atoms with Crippen LogP contribution in [-0.4, -0.2) is 44.5 Å². The fraction of sp³-hybridized carbons (Fsp3) is 0.267. The number of aromatic nitrogens is 4. The number of imidazole rings is 2. The smallest absolute Gasteiger partial charge is 0.251 e. The Morgan fingerprint density at radius 2 is 1.92 bits per heavy atom. The number of rotatable bonds is 10. The van der Waals surface area contributed by atoms with Crippen LogP contribution in [0.4, 0.5) is 0 Å². The number of aliphatic imine (C=N–C) groups is 1. The lowest BCUT2D eigenvalue weighted by atomic mass is 10.0. The van der Waals surface area contributed by atoms with Crippen LogP contribution in [0, 0.1) is 0 Å². The highest BCUT2D eigenvalue weighted by molar-refractivity contribution is 5.97. The van der Waals surface area contributed by atoms with Crippen LogP contribution in [0.25, 0.3) is 21.8 Å². The molecule has 5 rings (SSSR count). The first-order valence-corrected chi connectivity index (χ1v) is 13.2. The van der Waals surface area contributed by atoms with Crippen LogP contribution < -0.4 is 16.8 Å². The standard InChI is InChI=1S/C30H34N8O/c1-19(27-35-18-23(36-27)10-6-15-34-30(31)32)28-37-25-13-12-22(17-26(25)38(28)2)29(39)33-16-14-21-9-5-8-20-7-3-4-11-24(20)21/h3-5,7-9,11-13,17-19H,6,10,14-16H2,1-2H3,(H,33,39)(H,35,36)(H4,31,32,34). The lowest BCUT2D eigenvalue weighted by Crippen LogP contribution is -2.25. The highest BCUT2D eigenvalue weighted by atomic mass is 16.1. The first kappa shape index (κ1) is 26.0. The molecular formula is C30H34N8O. The lowest BCUT2D eigenvalue weighted by Gasteiger charge is -2.10. The van der Waals surface area contributed by atoms with Gasteiger partial charge in [-0.1, -0.05) is 42.5 Å². The van der Waals surface area contributed by atoms with E-state index in [1.54, 1.807) is 0 Å². The highest BCUT2D eigenvalue weighted by Gasteiger charge is 2.20. The predicted octanol–water partition coefficient (Wildman–Crippen LogP) is 3.78. The minimum atomic E-state index is -0.0932. The van der Waals surface area contributed by atoms with Gasteiger partial charge in [0.15, 0.2) is 5.96 Å². The van der Waals surface area contributed by atoms with E-state index in [0.717, 1.165) is 47.6 Å². The fourth-order valence-corrected chi connectivity index (χ4v) is 4.98. The number of carbonyl (C=O) groups is 1. The molecule has 0 saturated carbocycles. The van der Waals surface area contributed by atoms with Gasteiger partial charge in [-0.3, -0.25) is 9.79 Å². The zero-order valence-electron chi connectivity index (χ0n) is 22.3. The normalized spacial score (nSPS) is 12.1. The molecule has 9 nitrogen and oxygen atoms in total. The van der Waals surface area contributed by atoms with E-state index in [9.17, 15) is 4.79 Å². The maximum atomic E-state index is 13.0. The summed E-state index contributed by atoms with van der Waals surface area (Å²) in [6, 6.07) is 20.3. The van der Waals surface area contributed by atoms with E-state index in [2.05, 4.69) is 57.5 Å². The zero-order valence-corrected chi connectivity index (χ0v) is 22.3. The van der Waals surface area contributed by atoms with Gasteiger partial charge in [-0.15, -0.1) is 0 Å². The van der Waals surface area contributed by atoms with E-state index in [1.165, 1.54) is 16.3 Å². The molecule has 1 unspecified atom stereocenters. The molecule has 0 aliphatic carbocycles. The molecule has 9 heteroatoms. The summed E-state index contributed by atoms with van der Waals surface area (Å²) >= 11 is 0. The molecule has 6 N–H and O–H groups in total. The average Bonchev–Trinajstić information content (AvgIpc) is 3.55. The summed E-state index contributed by atoms with van der Waals surface area (Å²) in [7, 11) is 1.97. The Balaban J connectivity index is 1.25. The number of fused-ring (bicyclic) bond motifs is 2. The third-order valence-electron chi connectivity index (χ3n) is 7.08. The zero-order chi connectivity index (χ0) is 27.4. The number of aromatic amines is 1. The third kappa shape index (κ3) is 5.77. The topological polar surface area (TPSA) is 140 Å². The van der Waals surface area contributed by atoms with E-state index < -0.39 is 0 Å². The van der Waals surface area contributed by atoms with Gasteiger partial charge in [0.05, 0.1) is 17.0 Å². The van der Waals surface area contributed by atoms with Crippen molar-refractivity contribution < 1.29 is 4.79 Å². The first-order valence-electron chi connectivity index (χ1n) is 13.2. The average molecular weight is 523 g/mol. The molecular weight excluding hydrogens is 488 g/mol. The molecule has 1 atom stereocenters. The molecule has 0 bridgehead atoms. The van der Waals surface area contributed by atoms with E-state index in [1.807, 2.05) is 48.1 Å². The summed E-state index contributed by atoms with van der Waals surface area (Å²) in [4.78, 5) is 29.8. The number of H-pyrrole nitrogens is 1. The largest absolute Gasteiger partial charge is 0.370 e. The summed E-state index contributed by atoms with van der Waals surface area (Å²) in [5.41, 5.74) is 15.4. The van der Waals surface area contributed by atoms with Crippen LogP contribution in [0.2, 0.25) is 0 Å². The van der Waals surface area contributed by atoms with Crippen molar-refractivity contribution in [2.75, 3.05) is 13.1 Å². The number of nitrogens with one attached hydrogen (secondary N) is 2. The number of nitrogens with two attached hydrogens (primary N) is 2. The molecule has 5 aromatic rings. The van der Waals surface area contributed by atoms with Gasteiger partial charge < -0.3 is 26.3 Å². The number of guanidine groups is 1. The minimum Gasteiger partial charge on any atom is -0.370 e. The van der Waals surface area contributed by atoms with E-state index >= 15 is 0 Å². The molecule has 3 aromatic carbocycles. The number of nitrogens with zero attached hydrogens (tertiary/aromatic N) is 4. The van der Waals surface area contributed by atoms with Crippen LogP contribution in [0.5, 0.6) is 0 Å². The molecule has 0 aliphatic rings. The predicted molar refractivity (Wildman–Crippen MR) is 156 cm³/mol. The Bertz CT molecular complexity index is 1640. The molecule has 200 valence electrons. The fourth-order valence-electron chi connectivity index (χ4n) is 4.98. The molecule has 0 radical (unpaired) electrons. The monoisotopic (exact) mass is 522 g/mol. The van der Waals surface area contributed by atoms with Gasteiger partial charge >= 0.3 is 0 Å². The van der Waals surface area contributed by atoms with Gasteiger partial charge in [-0.05, 0) is 60.7 Å². The Morgan fingerprint density at radius 3 is 2.77 bits per heavy atom. The van der Waals surface area contributed by atoms with Gasteiger partial charge in [0.25, 0.3) is 5.91 Å². The Hall–Kier alpha value is -4.66. The molecule has 0 saturated heterocycles. The molecule has 1 amide bonds. The molecule has 2 aromatic heterocycles. The van der Waals surface area contributed by atoms with Crippen molar-refractivity contribution in [1.29, 1.82) is 0 Å². The Kier molecular flexibility index (Phi) is 7.58. The maximum Gasteiger partial charge on any atom is 0.251 e. The van der Waals surface area contributed by atoms with Gasteiger partial charge in [0.1, 0.15) is 11.6 Å². The van der Waals surface area contributed by atoms with E-state index in [-0.39, 0.29) is 17.8 Å². The number of aryl methyl sites for hydroxylation is 2. The highest BCUT2D eigenvalue weighted by Crippen LogP contribution is 2.26. The second kappa shape index (κ2) is 11.4.